The van der Waals surface area contributed by atoms with Crippen molar-refractivity contribution in [2.24, 2.45) is 0 Å². The third-order valence-electron chi connectivity index (χ3n) is 4.41. The molecule has 1 saturated heterocycles. The van der Waals surface area contributed by atoms with E-state index in [9.17, 15) is 9.36 Å². The molecule has 6 heteroatoms. The molecule has 0 saturated carbocycles. The molecule has 1 amide bonds. The first-order valence-electron chi connectivity index (χ1n) is 8.41. The van der Waals surface area contributed by atoms with Crippen molar-refractivity contribution < 1.29 is 18.4 Å². The average Bonchev–Trinajstić information content (AvgIpc) is 2.46. The molecule has 0 aliphatic carbocycles. The van der Waals surface area contributed by atoms with Crippen LogP contribution >= 0.6 is 7.60 Å². The number of β-lactam (4-membered cyclic amide) rings is 1. The highest BCUT2D eigenvalue weighted by molar-refractivity contribution is 7.56. The largest absolute Gasteiger partial charge is 0.345 e. The average molecular weight is 353 g/mol. The fraction of sp³-hybridized carbons (Fsp3) is 0.611. The van der Waals surface area contributed by atoms with Gasteiger partial charge in [0.1, 0.15) is 0 Å². The lowest BCUT2D eigenvalue weighted by Crippen LogP contribution is -2.75. The van der Waals surface area contributed by atoms with Gasteiger partial charge in [-0.2, -0.15) is 0 Å². The van der Waals surface area contributed by atoms with Gasteiger partial charge in [0.15, 0.2) is 5.66 Å². The van der Waals surface area contributed by atoms with Gasteiger partial charge in [-0.15, -0.1) is 0 Å². The van der Waals surface area contributed by atoms with Crippen LogP contribution in [0.25, 0.3) is 0 Å². The van der Waals surface area contributed by atoms with Crippen LogP contribution in [0.15, 0.2) is 30.3 Å². The van der Waals surface area contributed by atoms with E-state index in [1.807, 2.05) is 58.0 Å². The van der Waals surface area contributed by atoms with Gasteiger partial charge in [-0.1, -0.05) is 30.3 Å². The molecule has 2 rings (SSSR count). The van der Waals surface area contributed by atoms with E-state index in [1.54, 1.807) is 18.7 Å². The van der Waals surface area contributed by atoms with E-state index in [1.165, 1.54) is 0 Å². The van der Waals surface area contributed by atoms with Gasteiger partial charge in [0.05, 0.1) is 18.8 Å². The minimum atomic E-state index is -3.56. The summed E-state index contributed by atoms with van der Waals surface area (Å²) in [6.45, 7) is 11.9. The van der Waals surface area contributed by atoms with Gasteiger partial charge in [-0.3, -0.25) is 9.36 Å². The third-order valence-corrected chi connectivity index (χ3v) is 7.01. The summed E-state index contributed by atoms with van der Waals surface area (Å²) in [7, 11) is -3.56. The van der Waals surface area contributed by atoms with E-state index in [2.05, 4.69) is 0 Å². The van der Waals surface area contributed by atoms with Crippen molar-refractivity contribution in [2.75, 3.05) is 13.2 Å². The molecule has 0 N–H and O–H groups in total. The monoisotopic (exact) mass is 353 g/mol. The normalized spacial score (nSPS) is 24.8. The Morgan fingerprint density at radius 3 is 2.04 bits per heavy atom. The van der Waals surface area contributed by atoms with Gasteiger partial charge in [0, 0.05) is 5.54 Å². The summed E-state index contributed by atoms with van der Waals surface area (Å²) in [4.78, 5) is 14.8. The lowest BCUT2D eigenvalue weighted by atomic mass is 9.75. The van der Waals surface area contributed by atoms with Crippen LogP contribution in [0.1, 0.15) is 47.1 Å². The van der Waals surface area contributed by atoms with E-state index in [-0.39, 0.29) is 19.1 Å². The molecular formula is C18H28NO4P. The number of hydrogen-bond acceptors (Lipinski definition) is 4. The summed E-state index contributed by atoms with van der Waals surface area (Å²) in [5.74, 6) is -0.181. The lowest BCUT2D eigenvalue weighted by Gasteiger charge is -2.61. The van der Waals surface area contributed by atoms with Crippen molar-refractivity contribution in [1.29, 1.82) is 0 Å². The standard InChI is InChI=1S/C18H28NO4P/c1-7-22-24(21,23-8-2)15-16(20)19(17(3,4)5)18(15,6)14-12-10-9-11-13-14/h9-13,15H,7-8H2,1-6H3. The quantitative estimate of drug-likeness (QED) is 0.569. The SMILES string of the molecule is CCOP(=O)(OCC)C1C(=O)N(C(C)(C)C)C1(C)c1ccccc1. The van der Waals surface area contributed by atoms with E-state index < -0.39 is 24.3 Å². The minimum Gasteiger partial charge on any atom is -0.326 e. The molecule has 1 aliphatic rings. The molecule has 1 aromatic rings. The second kappa shape index (κ2) is 6.62. The topological polar surface area (TPSA) is 55.8 Å². The molecule has 0 bridgehead atoms. The van der Waals surface area contributed by atoms with Crippen molar-refractivity contribution in [2.45, 2.75) is 58.3 Å². The Labute approximate surface area is 144 Å². The van der Waals surface area contributed by atoms with Crippen LogP contribution in [-0.2, 0) is 23.9 Å². The maximum absolute atomic E-state index is 13.4. The van der Waals surface area contributed by atoms with Crippen LogP contribution in [0.3, 0.4) is 0 Å². The Hall–Kier alpha value is -1.16. The first-order valence-corrected chi connectivity index (χ1v) is 10.0. The second-order valence-corrected chi connectivity index (χ2v) is 9.25. The number of hydrogen-bond donors (Lipinski definition) is 0. The maximum Gasteiger partial charge on any atom is 0.345 e. The first-order chi connectivity index (χ1) is 11.1. The first kappa shape index (κ1) is 19.2. The number of nitrogens with zero attached hydrogens (tertiary/aromatic N) is 1. The fourth-order valence-electron chi connectivity index (χ4n) is 3.73. The molecule has 0 aromatic heterocycles. The molecule has 1 aliphatic heterocycles. The Balaban J connectivity index is 2.59. The summed E-state index contributed by atoms with van der Waals surface area (Å²) in [5, 5.41) is 0. The van der Waals surface area contributed by atoms with Gasteiger partial charge < -0.3 is 13.9 Å². The summed E-state index contributed by atoms with van der Waals surface area (Å²) >= 11 is 0. The predicted octanol–water partition coefficient (Wildman–Crippen LogP) is 4.18. The molecule has 24 heavy (non-hydrogen) atoms. The van der Waals surface area contributed by atoms with Gasteiger partial charge >= 0.3 is 7.60 Å². The number of amides is 1. The van der Waals surface area contributed by atoms with Crippen molar-refractivity contribution in [3.63, 3.8) is 0 Å². The Kier molecular flexibility index (Phi) is 5.29. The van der Waals surface area contributed by atoms with Crippen molar-refractivity contribution in [3.05, 3.63) is 35.9 Å². The van der Waals surface area contributed by atoms with E-state index >= 15 is 0 Å². The lowest BCUT2D eigenvalue weighted by molar-refractivity contribution is -0.168. The van der Waals surface area contributed by atoms with E-state index in [0.717, 1.165) is 5.56 Å². The van der Waals surface area contributed by atoms with E-state index in [0.29, 0.717) is 0 Å². The number of likely N-dealkylation sites (tertiary alicyclic amines) is 1. The number of benzene rings is 1. The molecule has 134 valence electrons. The highest BCUT2D eigenvalue weighted by Gasteiger charge is 2.68. The van der Waals surface area contributed by atoms with Gasteiger partial charge in [0.25, 0.3) is 0 Å². The summed E-state index contributed by atoms with van der Waals surface area (Å²) < 4.78 is 24.4. The van der Waals surface area contributed by atoms with Crippen LogP contribution in [0.2, 0.25) is 0 Å². The van der Waals surface area contributed by atoms with Gasteiger partial charge in [-0.25, -0.2) is 0 Å². The van der Waals surface area contributed by atoms with Gasteiger partial charge in [0.2, 0.25) is 5.91 Å². The van der Waals surface area contributed by atoms with Crippen LogP contribution in [0.5, 0.6) is 0 Å². The molecule has 0 spiro atoms. The van der Waals surface area contributed by atoms with Crippen molar-refractivity contribution in [1.82, 2.24) is 4.90 Å². The third kappa shape index (κ3) is 2.94. The molecule has 1 aromatic carbocycles. The zero-order chi connectivity index (χ0) is 18.2. The van der Waals surface area contributed by atoms with Gasteiger partial charge in [-0.05, 0) is 47.1 Å². The van der Waals surface area contributed by atoms with Crippen molar-refractivity contribution >= 4 is 13.5 Å². The highest BCUT2D eigenvalue weighted by Crippen LogP contribution is 2.66. The Bertz CT molecular complexity index is 630. The van der Waals surface area contributed by atoms with Crippen LogP contribution in [0.4, 0.5) is 0 Å². The Morgan fingerprint density at radius 1 is 1.12 bits per heavy atom. The number of carbonyl (C=O) groups excluding carboxylic acids is 1. The molecule has 1 fully saturated rings. The second-order valence-electron chi connectivity index (χ2n) is 7.14. The number of rotatable bonds is 6. The molecule has 2 unspecified atom stereocenters. The summed E-state index contributed by atoms with van der Waals surface area (Å²) in [6, 6.07) is 9.69. The zero-order valence-corrected chi connectivity index (χ0v) is 16.3. The summed E-state index contributed by atoms with van der Waals surface area (Å²) in [6.07, 6.45) is 0. The zero-order valence-electron chi connectivity index (χ0n) is 15.4. The van der Waals surface area contributed by atoms with Crippen LogP contribution in [-0.4, -0.2) is 35.2 Å². The maximum atomic E-state index is 13.4. The molecular weight excluding hydrogens is 325 g/mol. The summed E-state index contributed by atoms with van der Waals surface area (Å²) in [5.41, 5.74) is -1.03. The van der Waals surface area contributed by atoms with E-state index in [4.69, 9.17) is 9.05 Å². The Morgan fingerprint density at radius 2 is 1.62 bits per heavy atom. The van der Waals surface area contributed by atoms with Crippen LogP contribution in [0, 0.1) is 0 Å². The molecule has 5 nitrogen and oxygen atoms in total. The predicted molar refractivity (Wildman–Crippen MR) is 95.0 cm³/mol. The molecule has 1 heterocycles. The highest BCUT2D eigenvalue weighted by atomic mass is 31.2. The minimum absolute atomic E-state index is 0.181. The van der Waals surface area contributed by atoms with Crippen LogP contribution < -0.4 is 0 Å². The fourth-order valence-corrected chi connectivity index (χ4v) is 6.09. The molecule has 2 atom stereocenters. The molecule has 0 radical (unpaired) electrons. The van der Waals surface area contributed by atoms with Crippen molar-refractivity contribution in [3.8, 4) is 0 Å². The number of carbonyl (C=O) groups is 1. The smallest absolute Gasteiger partial charge is 0.326 e.